The van der Waals surface area contributed by atoms with Crippen molar-refractivity contribution in [2.24, 2.45) is 0 Å². The molecule has 4 aromatic rings. The zero-order chi connectivity index (χ0) is 19.5. The topological polar surface area (TPSA) is 56.7 Å². The second-order valence-electron chi connectivity index (χ2n) is 6.86. The molecule has 0 saturated carbocycles. The molecule has 5 nitrogen and oxygen atoms in total. The zero-order valence-corrected chi connectivity index (χ0v) is 16.9. The first kappa shape index (κ1) is 18.5. The number of benzene rings is 2. The number of hydrogen-bond donors (Lipinski definition) is 0. The van der Waals surface area contributed by atoms with Crippen LogP contribution in [0.15, 0.2) is 76.6 Å². The summed E-state index contributed by atoms with van der Waals surface area (Å²) in [7, 11) is 0. The van der Waals surface area contributed by atoms with Crippen molar-refractivity contribution in [2.45, 2.75) is 37.1 Å². The Labute approximate surface area is 168 Å². The molecule has 0 aliphatic rings. The van der Waals surface area contributed by atoms with E-state index >= 15 is 0 Å². The van der Waals surface area contributed by atoms with Crippen molar-refractivity contribution in [1.29, 1.82) is 0 Å². The van der Waals surface area contributed by atoms with Crippen molar-refractivity contribution in [3.05, 3.63) is 78.4 Å². The van der Waals surface area contributed by atoms with Gasteiger partial charge in [0.05, 0.1) is 10.9 Å². The number of hydrogen-bond acceptors (Lipinski definition) is 5. The number of imidazole rings is 1. The van der Waals surface area contributed by atoms with Crippen LogP contribution >= 0.6 is 11.8 Å². The van der Waals surface area contributed by atoms with Gasteiger partial charge in [-0.1, -0.05) is 62.0 Å². The van der Waals surface area contributed by atoms with E-state index in [9.17, 15) is 0 Å². The highest BCUT2D eigenvalue weighted by atomic mass is 32.2. The van der Waals surface area contributed by atoms with Gasteiger partial charge in [0.25, 0.3) is 0 Å². The molecular formula is C22H22N4OS. The Bertz CT molecular complexity index is 1060. The van der Waals surface area contributed by atoms with Gasteiger partial charge in [0.15, 0.2) is 5.16 Å². The average Bonchev–Trinajstić information content (AvgIpc) is 3.38. The van der Waals surface area contributed by atoms with E-state index in [-0.39, 0.29) is 5.25 Å². The first-order valence-electron chi connectivity index (χ1n) is 9.31. The van der Waals surface area contributed by atoms with Gasteiger partial charge in [-0.15, -0.1) is 10.2 Å². The minimum absolute atomic E-state index is 0.0164. The summed E-state index contributed by atoms with van der Waals surface area (Å²) in [5, 5.41) is 9.33. The summed E-state index contributed by atoms with van der Waals surface area (Å²) in [4.78, 5) is 4.56. The second-order valence-corrected chi connectivity index (χ2v) is 8.17. The molecule has 2 aromatic carbocycles. The fourth-order valence-electron chi connectivity index (χ4n) is 3.06. The third kappa shape index (κ3) is 3.73. The normalized spacial score (nSPS) is 12.4. The zero-order valence-electron chi connectivity index (χ0n) is 16.1. The molecule has 2 heterocycles. The molecule has 2 aromatic heterocycles. The third-order valence-electron chi connectivity index (χ3n) is 4.52. The van der Waals surface area contributed by atoms with Gasteiger partial charge < -0.3 is 4.42 Å². The average molecular weight is 391 g/mol. The highest BCUT2D eigenvalue weighted by Crippen LogP contribution is 2.36. The second kappa shape index (κ2) is 8.02. The molecule has 0 spiro atoms. The van der Waals surface area contributed by atoms with Gasteiger partial charge in [0, 0.05) is 18.0 Å². The van der Waals surface area contributed by atoms with E-state index < -0.39 is 0 Å². The van der Waals surface area contributed by atoms with Gasteiger partial charge in [-0.2, -0.15) is 0 Å². The molecule has 1 atom stereocenters. The highest BCUT2D eigenvalue weighted by Gasteiger charge is 2.20. The largest absolute Gasteiger partial charge is 0.419 e. The SMILES string of the molecule is CC(C)c1ccccc1-n1ccnc1S[C@@H](C)c1nnc(-c2ccccc2)o1. The molecule has 0 aliphatic carbocycles. The maximum Gasteiger partial charge on any atom is 0.247 e. The van der Waals surface area contributed by atoms with Crippen LogP contribution in [0.4, 0.5) is 0 Å². The minimum Gasteiger partial charge on any atom is -0.419 e. The molecule has 142 valence electrons. The van der Waals surface area contributed by atoms with Crippen molar-refractivity contribution in [3.8, 4) is 17.1 Å². The molecular weight excluding hydrogens is 368 g/mol. The Morgan fingerprint density at radius 2 is 1.68 bits per heavy atom. The lowest BCUT2D eigenvalue weighted by Crippen LogP contribution is -2.02. The molecule has 4 rings (SSSR count). The lowest BCUT2D eigenvalue weighted by Gasteiger charge is -2.16. The summed E-state index contributed by atoms with van der Waals surface area (Å²) < 4.78 is 8.04. The lowest BCUT2D eigenvalue weighted by atomic mass is 10.0. The van der Waals surface area contributed by atoms with E-state index in [4.69, 9.17) is 4.42 Å². The molecule has 0 radical (unpaired) electrons. The van der Waals surface area contributed by atoms with Crippen LogP contribution < -0.4 is 0 Å². The van der Waals surface area contributed by atoms with Crippen molar-refractivity contribution in [1.82, 2.24) is 19.7 Å². The van der Waals surface area contributed by atoms with Crippen LogP contribution in [0.2, 0.25) is 0 Å². The summed E-state index contributed by atoms with van der Waals surface area (Å²) >= 11 is 1.61. The Kier molecular flexibility index (Phi) is 5.30. The smallest absolute Gasteiger partial charge is 0.247 e. The van der Waals surface area contributed by atoms with Gasteiger partial charge in [-0.05, 0) is 36.6 Å². The van der Waals surface area contributed by atoms with E-state index in [0.717, 1.165) is 16.4 Å². The first-order valence-corrected chi connectivity index (χ1v) is 10.2. The summed E-state index contributed by atoms with van der Waals surface area (Å²) in [6.45, 7) is 6.46. The standard InChI is InChI=1S/C22H22N4OS/c1-15(2)18-11-7-8-12-19(18)26-14-13-23-22(26)28-16(3)20-24-25-21(27-20)17-9-5-4-6-10-17/h4-16H,1-3H3/t16-/m0/s1. The van der Waals surface area contributed by atoms with Crippen LogP contribution in [0, 0.1) is 0 Å². The van der Waals surface area contributed by atoms with Crippen LogP contribution in [0.25, 0.3) is 17.1 Å². The van der Waals surface area contributed by atoms with Gasteiger partial charge in [0.1, 0.15) is 0 Å². The quantitative estimate of drug-likeness (QED) is 0.384. The monoisotopic (exact) mass is 390 g/mol. The van der Waals surface area contributed by atoms with Gasteiger partial charge in [-0.3, -0.25) is 4.57 Å². The highest BCUT2D eigenvalue weighted by molar-refractivity contribution is 7.99. The Balaban J connectivity index is 1.58. The van der Waals surface area contributed by atoms with E-state index in [1.807, 2.05) is 42.7 Å². The third-order valence-corrected chi connectivity index (χ3v) is 5.58. The molecule has 0 unspecified atom stereocenters. The fourth-order valence-corrected chi connectivity index (χ4v) is 3.97. The van der Waals surface area contributed by atoms with E-state index in [1.54, 1.807) is 11.8 Å². The summed E-state index contributed by atoms with van der Waals surface area (Å²) in [6, 6.07) is 18.2. The van der Waals surface area contributed by atoms with E-state index in [0.29, 0.717) is 17.7 Å². The summed E-state index contributed by atoms with van der Waals surface area (Å²) in [5.74, 6) is 1.56. The maximum atomic E-state index is 5.91. The molecule has 0 bridgehead atoms. The van der Waals surface area contributed by atoms with Crippen LogP contribution in [-0.2, 0) is 0 Å². The molecule has 0 saturated heterocycles. The molecule has 0 N–H and O–H groups in total. The van der Waals surface area contributed by atoms with Crippen LogP contribution in [0.1, 0.15) is 43.4 Å². The van der Waals surface area contributed by atoms with Gasteiger partial charge in [0.2, 0.25) is 11.8 Å². The summed E-state index contributed by atoms with van der Waals surface area (Å²) in [5.41, 5.74) is 3.37. The van der Waals surface area contributed by atoms with Crippen molar-refractivity contribution in [2.75, 3.05) is 0 Å². The Hall–Kier alpha value is -2.86. The predicted octanol–water partition coefficient (Wildman–Crippen LogP) is 5.90. The molecule has 28 heavy (non-hydrogen) atoms. The van der Waals surface area contributed by atoms with Crippen LogP contribution in [0.5, 0.6) is 0 Å². The molecule has 0 fully saturated rings. The molecule has 0 aliphatic heterocycles. The van der Waals surface area contributed by atoms with E-state index in [2.05, 4.69) is 64.8 Å². The number of nitrogens with zero attached hydrogens (tertiary/aromatic N) is 4. The Morgan fingerprint density at radius 3 is 2.46 bits per heavy atom. The molecule has 0 amide bonds. The maximum absolute atomic E-state index is 5.91. The number of aromatic nitrogens is 4. The van der Waals surface area contributed by atoms with Gasteiger partial charge in [-0.25, -0.2) is 4.98 Å². The number of rotatable bonds is 6. The first-order chi connectivity index (χ1) is 13.6. The Morgan fingerprint density at radius 1 is 0.929 bits per heavy atom. The minimum atomic E-state index is -0.0164. The molecule has 6 heteroatoms. The lowest BCUT2D eigenvalue weighted by molar-refractivity contribution is 0.509. The van der Waals surface area contributed by atoms with E-state index in [1.165, 1.54) is 5.56 Å². The number of thioether (sulfide) groups is 1. The van der Waals surface area contributed by atoms with Crippen LogP contribution in [0.3, 0.4) is 0 Å². The van der Waals surface area contributed by atoms with Gasteiger partial charge >= 0.3 is 0 Å². The summed E-state index contributed by atoms with van der Waals surface area (Å²) in [6.07, 6.45) is 3.83. The van der Waals surface area contributed by atoms with Crippen molar-refractivity contribution >= 4 is 11.8 Å². The fraction of sp³-hybridized carbons (Fsp3) is 0.227. The van der Waals surface area contributed by atoms with Crippen molar-refractivity contribution < 1.29 is 4.42 Å². The van der Waals surface area contributed by atoms with Crippen LogP contribution in [-0.4, -0.2) is 19.7 Å². The van der Waals surface area contributed by atoms with Crippen molar-refractivity contribution in [3.63, 3.8) is 0 Å². The number of para-hydroxylation sites is 1. The predicted molar refractivity (Wildman–Crippen MR) is 112 cm³/mol.